The number of aromatic nitrogens is 2. The van der Waals surface area contributed by atoms with Crippen LogP contribution in [0.1, 0.15) is 0 Å². The number of methoxy groups -OCH3 is 1. The summed E-state index contributed by atoms with van der Waals surface area (Å²) < 4.78 is 5.42. The first-order chi connectivity index (χ1) is 18.5. The van der Waals surface area contributed by atoms with Crippen molar-refractivity contribution in [3.8, 4) is 5.75 Å². The third-order valence-electron chi connectivity index (χ3n) is 6.47. The first kappa shape index (κ1) is 25.0. The lowest BCUT2D eigenvalue weighted by Crippen LogP contribution is -2.44. The van der Waals surface area contributed by atoms with Crippen molar-refractivity contribution in [2.75, 3.05) is 61.2 Å². The molecule has 0 spiro atoms. The van der Waals surface area contributed by atoms with Crippen LogP contribution in [0.2, 0.25) is 0 Å². The number of hydrogen-bond donors (Lipinski definition) is 3. The molecule has 5 rings (SSSR count). The van der Waals surface area contributed by atoms with Gasteiger partial charge in [0, 0.05) is 60.4 Å². The van der Waals surface area contributed by atoms with E-state index >= 15 is 0 Å². The van der Waals surface area contributed by atoms with E-state index in [2.05, 4.69) is 51.5 Å². The Labute approximate surface area is 222 Å². The molecule has 0 radical (unpaired) electrons. The maximum Gasteiger partial charge on any atom is 0.247 e. The molecular formula is C29H31N7O2. The Balaban J connectivity index is 1.42. The molecule has 2 heterocycles. The predicted molar refractivity (Wildman–Crippen MR) is 154 cm³/mol. The van der Waals surface area contributed by atoms with Crippen LogP contribution < -0.4 is 25.6 Å². The molecule has 4 aromatic rings. The van der Waals surface area contributed by atoms with E-state index in [9.17, 15) is 4.79 Å². The van der Waals surface area contributed by atoms with E-state index in [4.69, 9.17) is 14.7 Å². The van der Waals surface area contributed by atoms with E-state index in [1.807, 2.05) is 54.6 Å². The number of hydrogen-bond acceptors (Lipinski definition) is 8. The number of nitrogens with one attached hydrogen (secondary N) is 3. The van der Waals surface area contributed by atoms with Crippen LogP contribution in [0.5, 0.6) is 5.75 Å². The highest BCUT2D eigenvalue weighted by atomic mass is 16.5. The largest absolute Gasteiger partial charge is 0.497 e. The second-order valence-corrected chi connectivity index (χ2v) is 9.14. The third kappa shape index (κ3) is 5.84. The summed E-state index contributed by atoms with van der Waals surface area (Å²) in [5, 5.41) is 10.3. The van der Waals surface area contributed by atoms with E-state index in [0.717, 1.165) is 48.5 Å². The van der Waals surface area contributed by atoms with Gasteiger partial charge in [0.15, 0.2) is 0 Å². The fraction of sp³-hybridized carbons (Fsp3) is 0.207. The second-order valence-electron chi connectivity index (χ2n) is 9.14. The highest BCUT2D eigenvalue weighted by molar-refractivity contribution is 5.99. The minimum Gasteiger partial charge on any atom is -0.497 e. The molecule has 1 fully saturated rings. The minimum absolute atomic E-state index is 0.271. The van der Waals surface area contributed by atoms with Gasteiger partial charge in [-0.3, -0.25) is 4.79 Å². The van der Waals surface area contributed by atoms with Gasteiger partial charge in [0.2, 0.25) is 11.9 Å². The van der Waals surface area contributed by atoms with E-state index < -0.39 is 0 Å². The van der Waals surface area contributed by atoms with Crippen LogP contribution in [0, 0.1) is 0 Å². The molecule has 1 aliphatic rings. The average Bonchev–Trinajstić information content (AvgIpc) is 2.94. The topological polar surface area (TPSA) is 94.6 Å². The zero-order valence-electron chi connectivity index (χ0n) is 21.6. The van der Waals surface area contributed by atoms with Gasteiger partial charge in [-0.15, -0.1) is 0 Å². The van der Waals surface area contributed by atoms with E-state index in [0.29, 0.717) is 23.2 Å². The Kier molecular flexibility index (Phi) is 7.37. The molecule has 3 aromatic carbocycles. The quantitative estimate of drug-likeness (QED) is 0.286. The van der Waals surface area contributed by atoms with Crippen molar-refractivity contribution in [3.05, 3.63) is 79.4 Å². The fourth-order valence-corrected chi connectivity index (χ4v) is 4.34. The molecule has 1 amide bonds. The van der Waals surface area contributed by atoms with Crippen molar-refractivity contribution in [2.24, 2.45) is 0 Å². The average molecular weight is 510 g/mol. The molecule has 3 N–H and O–H groups in total. The summed E-state index contributed by atoms with van der Waals surface area (Å²) >= 11 is 0. The second kappa shape index (κ2) is 11.2. The lowest BCUT2D eigenvalue weighted by atomic mass is 10.2. The summed E-state index contributed by atoms with van der Waals surface area (Å²) in [6, 6.07) is 21.4. The Morgan fingerprint density at radius 1 is 0.921 bits per heavy atom. The number of rotatable bonds is 8. The minimum atomic E-state index is -0.271. The number of ether oxygens (including phenoxy) is 1. The molecule has 0 saturated carbocycles. The summed E-state index contributed by atoms with van der Waals surface area (Å²) in [4.78, 5) is 26.0. The van der Waals surface area contributed by atoms with Gasteiger partial charge >= 0.3 is 0 Å². The molecule has 1 aromatic heterocycles. The SMILES string of the molecule is C=CC(=O)Nc1cccc(Nc2nc(Nc3ccc(N4CCN(C)CC4)cc3)nc3cc(OC)ccc23)c1. The normalized spacial score (nSPS) is 13.7. The van der Waals surface area contributed by atoms with Gasteiger partial charge in [0.05, 0.1) is 12.6 Å². The van der Waals surface area contributed by atoms with Crippen molar-refractivity contribution < 1.29 is 9.53 Å². The van der Waals surface area contributed by atoms with Gasteiger partial charge < -0.3 is 30.5 Å². The van der Waals surface area contributed by atoms with Crippen LogP contribution in [0.4, 0.5) is 34.5 Å². The lowest BCUT2D eigenvalue weighted by Gasteiger charge is -2.34. The van der Waals surface area contributed by atoms with Crippen molar-refractivity contribution >= 4 is 51.3 Å². The lowest BCUT2D eigenvalue weighted by molar-refractivity contribution is -0.111. The predicted octanol–water partition coefficient (Wildman–Crippen LogP) is 5.00. The van der Waals surface area contributed by atoms with Crippen LogP contribution in [0.25, 0.3) is 10.9 Å². The van der Waals surface area contributed by atoms with Crippen molar-refractivity contribution in [1.82, 2.24) is 14.9 Å². The standard InChI is InChI=1S/C29H31N7O2/c1-4-27(37)30-21-6-5-7-22(18-21)31-28-25-13-12-24(38-3)19-26(25)33-29(34-28)32-20-8-10-23(11-9-20)36-16-14-35(2)15-17-36/h4-13,18-19H,1,14-17H2,2-3H3,(H,30,37)(H2,31,32,33,34). The molecule has 38 heavy (non-hydrogen) atoms. The first-order valence-electron chi connectivity index (χ1n) is 12.5. The van der Waals surface area contributed by atoms with E-state index in [1.165, 1.54) is 11.8 Å². The Bertz CT molecular complexity index is 1450. The van der Waals surface area contributed by atoms with Gasteiger partial charge in [0.1, 0.15) is 11.6 Å². The summed E-state index contributed by atoms with van der Waals surface area (Å²) in [6.45, 7) is 7.67. The van der Waals surface area contributed by atoms with Gasteiger partial charge in [-0.2, -0.15) is 4.98 Å². The fourth-order valence-electron chi connectivity index (χ4n) is 4.34. The molecule has 1 saturated heterocycles. The highest BCUT2D eigenvalue weighted by Crippen LogP contribution is 2.30. The van der Waals surface area contributed by atoms with Crippen LogP contribution >= 0.6 is 0 Å². The highest BCUT2D eigenvalue weighted by Gasteiger charge is 2.15. The van der Waals surface area contributed by atoms with Crippen molar-refractivity contribution in [3.63, 3.8) is 0 Å². The molecule has 0 unspecified atom stereocenters. The van der Waals surface area contributed by atoms with Gasteiger partial charge in [-0.05, 0) is 67.7 Å². The van der Waals surface area contributed by atoms with Crippen molar-refractivity contribution in [1.29, 1.82) is 0 Å². The van der Waals surface area contributed by atoms with Crippen LogP contribution in [-0.2, 0) is 4.79 Å². The van der Waals surface area contributed by atoms with E-state index in [1.54, 1.807) is 7.11 Å². The maximum absolute atomic E-state index is 11.7. The van der Waals surface area contributed by atoms with Crippen molar-refractivity contribution in [2.45, 2.75) is 0 Å². The number of carbonyl (C=O) groups excluding carboxylic acids is 1. The van der Waals surface area contributed by atoms with Crippen LogP contribution in [0.15, 0.2) is 79.4 Å². The summed E-state index contributed by atoms with van der Waals surface area (Å²) in [6.07, 6.45) is 1.24. The molecular weight excluding hydrogens is 478 g/mol. The molecule has 0 bridgehead atoms. The Morgan fingerprint density at radius 2 is 1.68 bits per heavy atom. The Morgan fingerprint density at radius 3 is 2.42 bits per heavy atom. The van der Waals surface area contributed by atoms with E-state index in [-0.39, 0.29) is 5.91 Å². The summed E-state index contributed by atoms with van der Waals surface area (Å²) in [7, 11) is 3.79. The van der Waals surface area contributed by atoms with Crippen LogP contribution in [0.3, 0.4) is 0 Å². The number of amides is 1. The smallest absolute Gasteiger partial charge is 0.247 e. The van der Waals surface area contributed by atoms with Crippen LogP contribution in [-0.4, -0.2) is 61.1 Å². The zero-order chi connectivity index (χ0) is 26.5. The number of likely N-dealkylation sites (N-methyl/N-ethyl adjacent to an activating group) is 1. The molecule has 9 nitrogen and oxygen atoms in total. The molecule has 0 aliphatic carbocycles. The summed E-state index contributed by atoms with van der Waals surface area (Å²) in [5.41, 5.74) is 4.25. The molecule has 9 heteroatoms. The first-order valence-corrected chi connectivity index (χ1v) is 12.5. The maximum atomic E-state index is 11.7. The number of carbonyl (C=O) groups is 1. The zero-order valence-corrected chi connectivity index (χ0v) is 21.6. The van der Waals surface area contributed by atoms with Gasteiger partial charge in [-0.25, -0.2) is 4.98 Å². The van der Waals surface area contributed by atoms with Gasteiger partial charge in [0.25, 0.3) is 0 Å². The molecule has 194 valence electrons. The number of piperazine rings is 1. The number of benzene rings is 3. The third-order valence-corrected chi connectivity index (χ3v) is 6.47. The summed E-state index contributed by atoms with van der Waals surface area (Å²) in [5.74, 6) is 1.52. The number of fused-ring (bicyclic) bond motifs is 1. The number of nitrogens with zero attached hydrogens (tertiary/aromatic N) is 4. The molecule has 1 aliphatic heterocycles. The number of anilines is 6. The van der Waals surface area contributed by atoms with Gasteiger partial charge in [-0.1, -0.05) is 12.6 Å². The Hall–Kier alpha value is -4.63. The monoisotopic (exact) mass is 509 g/mol. The molecule has 0 atom stereocenters.